The first-order chi connectivity index (χ1) is 18.7. The second-order valence-corrected chi connectivity index (χ2v) is 13.1. The van der Waals surface area contributed by atoms with Gasteiger partial charge in [-0.2, -0.15) is 13.2 Å². The van der Waals surface area contributed by atoms with Crippen LogP contribution in [0.2, 0.25) is 0 Å². The number of carbonyl (C=O) groups excluding carboxylic acids is 1. The average molecular weight is 599 g/mol. The van der Waals surface area contributed by atoms with Crippen LogP contribution >= 0.6 is 34.4 Å². The summed E-state index contributed by atoms with van der Waals surface area (Å²) in [6.07, 6.45) is 2.21. The lowest BCUT2D eigenvalue weighted by atomic mass is 9.84. The zero-order chi connectivity index (χ0) is 28.0. The second-order valence-electron chi connectivity index (χ2n) is 9.60. The number of thiophene rings is 1. The van der Waals surface area contributed by atoms with Gasteiger partial charge in [-0.25, -0.2) is 4.98 Å². The van der Waals surface area contributed by atoms with Crippen molar-refractivity contribution in [2.45, 2.75) is 69.0 Å². The number of pyridine rings is 1. The Morgan fingerprint density at radius 1 is 1.23 bits per heavy atom. The molecule has 1 fully saturated rings. The van der Waals surface area contributed by atoms with Crippen molar-refractivity contribution in [1.82, 2.24) is 20.2 Å². The van der Waals surface area contributed by atoms with Crippen LogP contribution in [0, 0.1) is 0 Å². The summed E-state index contributed by atoms with van der Waals surface area (Å²) in [4.78, 5) is 24.9. The smallest absolute Gasteiger partial charge is 0.366 e. The highest BCUT2D eigenvalue weighted by Crippen LogP contribution is 2.47. The average Bonchev–Trinajstić information content (AvgIpc) is 3.55. The number of likely N-dealkylation sites (tertiary alicyclic amines) is 1. The normalized spacial score (nSPS) is 18.9. The number of thioether (sulfide) groups is 1. The minimum Gasteiger partial charge on any atom is -0.366 e. The molecular formula is C27H33F3N4O2S3. The number of piperidine rings is 1. The van der Waals surface area contributed by atoms with Gasteiger partial charge in [-0.1, -0.05) is 6.92 Å². The third-order valence-electron chi connectivity index (χ3n) is 6.60. The molecule has 12 heteroatoms. The number of rotatable bonds is 7. The van der Waals surface area contributed by atoms with Gasteiger partial charge >= 0.3 is 6.18 Å². The Hall–Kier alpha value is -1.83. The molecule has 1 unspecified atom stereocenters. The number of hydrogen-bond acceptors (Lipinski definition) is 9. The number of ether oxygens (including phenoxy) is 1. The lowest BCUT2D eigenvalue weighted by Gasteiger charge is -2.45. The van der Waals surface area contributed by atoms with E-state index in [2.05, 4.69) is 39.2 Å². The number of halogens is 3. The van der Waals surface area contributed by atoms with Crippen LogP contribution in [0.1, 0.15) is 62.4 Å². The summed E-state index contributed by atoms with van der Waals surface area (Å²) in [5, 5.41) is 2.27. The van der Waals surface area contributed by atoms with E-state index < -0.39 is 11.2 Å². The van der Waals surface area contributed by atoms with Crippen LogP contribution in [-0.4, -0.2) is 53.1 Å². The maximum atomic E-state index is 12.7. The first-order valence-electron chi connectivity index (χ1n) is 12.9. The van der Waals surface area contributed by atoms with E-state index in [0.717, 1.165) is 66.4 Å². The molecule has 0 aromatic carbocycles. The molecule has 1 saturated heterocycles. The van der Waals surface area contributed by atoms with Gasteiger partial charge in [0.25, 0.3) is 0 Å². The van der Waals surface area contributed by atoms with Gasteiger partial charge in [0.1, 0.15) is 5.60 Å². The van der Waals surface area contributed by atoms with Gasteiger partial charge in [0, 0.05) is 53.2 Å². The topological polar surface area (TPSA) is 67.4 Å². The molecule has 1 spiro atoms. The van der Waals surface area contributed by atoms with Crippen molar-refractivity contribution < 1.29 is 22.7 Å². The zero-order valence-corrected chi connectivity index (χ0v) is 24.7. The Morgan fingerprint density at radius 3 is 2.59 bits per heavy atom. The Bertz CT molecular complexity index is 1200. The lowest BCUT2D eigenvalue weighted by molar-refractivity contribution is -0.137. The summed E-state index contributed by atoms with van der Waals surface area (Å²) < 4.78 is 44.5. The number of carbonyl (C=O) groups is 1. The minimum absolute atomic E-state index is 0.0917. The highest BCUT2D eigenvalue weighted by atomic mass is 32.2. The SMILES string of the molecule is CC1Cc2cc(C=O)sc2C2(CCN(Cc3cnc(C(F)(F)F)s3)CC2)O1.CCSc1ccc(CNC)nc1. The zero-order valence-electron chi connectivity index (χ0n) is 22.2. The van der Waals surface area contributed by atoms with Crippen molar-refractivity contribution in [3.63, 3.8) is 0 Å². The largest absolute Gasteiger partial charge is 0.443 e. The molecule has 5 rings (SSSR count). The molecule has 2 aliphatic heterocycles. The molecular weight excluding hydrogens is 566 g/mol. The summed E-state index contributed by atoms with van der Waals surface area (Å²) in [5.41, 5.74) is 1.92. The van der Waals surface area contributed by atoms with Crippen LogP contribution in [0.4, 0.5) is 13.2 Å². The van der Waals surface area contributed by atoms with Crippen molar-refractivity contribution in [3.05, 3.63) is 61.5 Å². The lowest BCUT2D eigenvalue weighted by Crippen LogP contribution is -2.47. The molecule has 0 aliphatic carbocycles. The third-order valence-corrected chi connectivity index (χ3v) is 9.78. The fraction of sp³-hybridized carbons (Fsp3) is 0.519. The number of nitrogens with zero attached hydrogens (tertiary/aromatic N) is 3. The first kappa shape index (κ1) is 30.1. The van der Waals surface area contributed by atoms with Crippen molar-refractivity contribution in [2.24, 2.45) is 0 Å². The first-order valence-corrected chi connectivity index (χ1v) is 15.5. The van der Waals surface area contributed by atoms with E-state index in [1.807, 2.05) is 38.0 Å². The van der Waals surface area contributed by atoms with Gasteiger partial charge in [-0.15, -0.1) is 34.4 Å². The van der Waals surface area contributed by atoms with Crippen LogP contribution in [0.3, 0.4) is 0 Å². The Balaban J connectivity index is 0.000000247. The molecule has 0 saturated carbocycles. The maximum absolute atomic E-state index is 12.7. The maximum Gasteiger partial charge on any atom is 0.443 e. The van der Waals surface area contributed by atoms with Gasteiger partial charge in [-0.3, -0.25) is 14.7 Å². The Labute approximate surface area is 239 Å². The number of thiazole rings is 1. The minimum atomic E-state index is -4.38. The third kappa shape index (κ3) is 7.68. The van der Waals surface area contributed by atoms with Gasteiger partial charge in [-0.05, 0) is 62.7 Å². The number of alkyl halides is 3. The quantitative estimate of drug-likeness (QED) is 0.249. The van der Waals surface area contributed by atoms with Gasteiger partial charge < -0.3 is 10.1 Å². The van der Waals surface area contributed by atoms with E-state index in [1.54, 1.807) is 0 Å². The molecule has 6 nitrogen and oxygen atoms in total. The van der Waals surface area contributed by atoms with Gasteiger partial charge in [0.2, 0.25) is 0 Å². The predicted molar refractivity (Wildman–Crippen MR) is 151 cm³/mol. The molecule has 3 aromatic heterocycles. The summed E-state index contributed by atoms with van der Waals surface area (Å²) in [6.45, 7) is 6.98. The molecule has 2 aliphatic rings. The summed E-state index contributed by atoms with van der Waals surface area (Å²) in [6, 6.07) is 6.15. The molecule has 5 heterocycles. The highest BCUT2D eigenvalue weighted by Gasteiger charge is 2.44. The molecule has 3 aromatic rings. The molecule has 0 bridgehead atoms. The number of fused-ring (bicyclic) bond motifs is 2. The summed E-state index contributed by atoms with van der Waals surface area (Å²) in [5.74, 6) is 1.10. The number of aromatic nitrogens is 2. The Kier molecular flexibility index (Phi) is 10.2. The van der Waals surface area contributed by atoms with E-state index >= 15 is 0 Å². The number of nitrogens with one attached hydrogen (secondary N) is 1. The molecule has 39 heavy (non-hydrogen) atoms. The van der Waals surface area contributed by atoms with E-state index in [4.69, 9.17) is 4.74 Å². The molecule has 0 amide bonds. The Morgan fingerprint density at radius 2 is 2.00 bits per heavy atom. The number of hydrogen-bond donors (Lipinski definition) is 1. The highest BCUT2D eigenvalue weighted by molar-refractivity contribution is 7.99. The molecule has 1 atom stereocenters. The van der Waals surface area contributed by atoms with Gasteiger partial charge in [0.05, 0.1) is 16.7 Å². The van der Waals surface area contributed by atoms with Crippen LogP contribution in [0.15, 0.2) is 35.5 Å². The van der Waals surface area contributed by atoms with E-state index in [9.17, 15) is 18.0 Å². The predicted octanol–water partition coefficient (Wildman–Crippen LogP) is 6.40. The summed E-state index contributed by atoms with van der Waals surface area (Å²) >= 11 is 4.04. The van der Waals surface area contributed by atoms with Crippen LogP contribution in [-0.2, 0) is 36.0 Å². The van der Waals surface area contributed by atoms with E-state index in [0.29, 0.717) is 22.8 Å². The van der Waals surface area contributed by atoms with Crippen molar-refractivity contribution in [3.8, 4) is 0 Å². The van der Waals surface area contributed by atoms with Crippen molar-refractivity contribution >= 4 is 40.7 Å². The van der Waals surface area contributed by atoms with E-state index in [1.165, 1.54) is 28.0 Å². The van der Waals surface area contributed by atoms with Crippen molar-refractivity contribution in [2.75, 3.05) is 25.9 Å². The standard InChI is InChI=1S/C18H19F3N2O2S2.C9H14N2S/c1-11-6-12-7-13(10-24)26-15(12)17(25-11)2-4-23(5-3-17)9-14-8-22-16(27-14)18(19,20)21;1-3-12-9-5-4-8(6-10-2)11-7-9/h7-8,10-11H,2-6,9H2,1H3;4-5,7,10H,3,6H2,1-2H3. The van der Waals surface area contributed by atoms with Crippen LogP contribution < -0.4 is 5.32 Å². The molecule has 1 N–H and O–H groups in total. The molecule has 212 valence electrons. The monoisotopic (exact) mass is 598 g/mol. The van der Waals surface area contributed by atoms with Crippen molar-refractivity contribution in [1.29, 1.82) is 0 Å². The summed E-state index contributed by atoms with van der Waals surface area (Å²) in [7, 11) is 1.93. The van der Waals surface area contributed by atoms with Crippen LogP contribution in [0.25, 0.3) is 0 Å². The van der Waals surface area contributed by atoms with Crippen LogP contribution in [0.5, 0.6) is 0 Å². The second kappa shape index (κ2) is 13.2. The fourth-order valence-electron chi connectivity index (χ4n) is 4.93. The molecule has 0 radical (unpaired) electrons. The fourth-order valence-corrected chi connectivity index (χ4v) is 7.58. The number of aldehydes is 1. The van der Waals surface area contributed by atoms with E-state index in [-0.39, 0.29) is 11.7 Å². The van der Waals surface area contributed by atoms with Gasteiger partial charge in [0.15, 0.2) is 11.3 Å².